The molecule has 2 fully saturated rings. The largest absolute Gasteiger partial charge is 0.480 e. The smallest absolute Gasteiger partial charge is 0.323 e. The molecule has 1 aliphatic carbocycles. The van der Waals surface area contributed by atoms with Gasteiger partial charge in [-0.15, -0.1) is 11.8 Å². The molecule has 0 spiro atoms. The van der Waals surface area contributed by atoms with E-state index in [1.165, 1.54) is 6.42 Å². The second-order valence-electron chi connectivity index (χ2n) is 4.91. The first kappa shape index (κ1) is 12.7. The molecule has 1 N–H and O–H groups in total. The van der Waals surface area contributed by atoms with E-state index < -0.39 is 5.97 Å². The SMILES string of the molecule is O=C(O)CN(CC1CC1)C(=O)C1CCCCS1. The van der Waals surface area contributed by atoms with Crippen molar-refractivity contribution in [2.75, 3.05) is 18.8 Å². The number of aliphatic carboxylic acids is 1. The highest BCUT2D eigenvalue weighted by Crippen LogP contribution is 2.32. The van der Waals surface area contributed by atoms with Crippen LogP contribution in [0.4, 0.5) is 0 Å². The van der Waals surface area contributed by atoms with Crippen LogP contribution in [0.1, 0.15) is 32.1 Å². The van der Waals surface area contributed by atoms with Gasteiger partial charge in [-0.2, -0.15) is 0 Å². The molecule has 1 saturated heterocycles. The standard InChI is InChI=1S/C12H19NO3S/c14-11(15)8-13(7-9-4-5-9)12(16)10-3-1-2-6-17-10/h9-10H,1-8H2,(H,14,15). The predicted molar refractivity (Wildman–Crippen MR) is 67.0 cm³/mol. The molecular weight excluding hydrogens is 238 g/mol. The topological polar surface area (TPSA) is 57.6 Å². The van der Waals surface area contributed by atoms with E-state index in [-0.39, 0.29) is 17.7 Å². The van der Waals surface area contributed by atoms with Gasteiger partial charge in [0.1, 0.15) is 6.54 Å². The monoisotopic (exact) mass is 257 g/mol. The molecule has 96 valence electrons. The number of carbonyl (C=O) groups excluding carboxylic acids is 1. The normalized spacial score (nSPS) is 24.4. The Balaban J connectivity index is 1.91. The van der Waals surface area contributed by atoms with Crippen LogP contribution in [-0.2, 0) is 9.59 Å². The summed E-state index contributed by atoms with van der Waals surface area (Å²) in [5.74, 6) is 0.719. The number of carboxylic acid groups (broad SMARTS) is 1. The van der Waals surface area contributed by atoms with Crippen LogP contribution in [0.3, 0.4) is 0 Å². The first-order chi connectivity index (χ1) is 8.16. The highest BCUT2D eigenvalue weighted by Gasteiger charge is 2.32. The number of nitrogens with zero attached hydrogens (tertiary/aromatic N) is 1. The fraction of sp³-hybridized carbons (Fsp3) is 0.833. The lowest BCUT2D eigenvalue weighted by molar-refractivity contribution is -0.144. The predicted octanol–water partition coefficient (Wildman–Crippen LogP) is 1.60. The molecule has 5 heteroatoms. The van der Waals surface area contributed by atoms with Gasteiger partial charge in [-0.3, -0.25) is 9.59 Å². The second-order valence-corrected chi connectivity index (χ2v) is 6.22. The summed E-state index contributed by atoms with van der Waals surface area (Å²) in [6, 6.07) is 0. The molecule has 1 heterocycles. The van der Waals surface area contributed by atoms with Crippen LogP contribution in [0.25, 0.3) is 0 Å². The Morgan fingerprint density at radius 3 is 2.53 bits per heavy atom. The summed E-state index contributed by atoms with van der Waals surface area (Å²) in [5, 5.41) is 8.87. The summed E-state index contributed by atoms with van der Waals surface area (Å²) in [4.78, 5) is 24.6. The summed E-state index contributed by atoms with van der Waals surface area (Å²) in [5.41, 5.74) is 0. The van der Waals surface area contributed by atoms with E-state index in [0.29, 0.717) is 12.5 Å². The van der Waals surface area contributed by atoms with Gasteiger partial charge in [-0.1, -0.05) is 6.42 Å². The van der Waals surface area contributed by atoms with Crippen LogP contribution in [0, 0.1) is 5.92 Å². The Bertz CT molecular complexity index is 298. The van der Waals surface area contributed by atoms with Crippen molar-refractivity contribution in [3.8, 4) is 0 Å². The van der Waals surface area contributed by atoms with Gasteiger partial charge in [-0.05, 0) is 37.4 Å². The summed E-state index contributed by atoms with van der Waals surface area (Å²) in [6.45, 7) is 0.509. The molecule has 1 saturated carbocycles. The average Bonchev–Trinajstić information content (AvgIpc) is 3.12. The maximum Gasteiger partial charge on any atom is 0.323 e. The van der Waals surface area contributed by atoms with Gasteiger partial charge in [-0.25, -0.2) is 0 Å². The van der Waals surface area contributed by atoms with Gasteiger partial charge in [0.2, 0.25) is 5.91 Å². The molecule has 17 heavy (non-hydrogen) atoms. The van der Waals surface area contributed by atoms with Crippen molar-refractivity contribution < 1.29 is 14.7 Å². The molecule has 0 aromatic heterocycles. The quantitative estimate of drug-likeness (QED) is 0.812. The third kappa shape index (κ3) is 3.91. The molecule has 0 bridgehead atoms. The molecule has 2 rings (SSSR count). The van der Waals surface area contributed by atoms with Crippen LogP contribution in [0.5, 0.6) is 0 Å². The van der Waals surface area contributed by atoms with Crippen LogP contribution in [-0.4, -0.2) is 46.0 Å². The second kappa shape index (κ2) is 5.76. The molecule has 0 radical (unpaired) electrons. The number of carboxylic acids is 1. The van der Waals surface area contributed by atoms with Crippen molar-refractivity contribution in [1.82, 2.24) is 4.90 Å². The van der Waals surface area contributed by atoms with Crippen LogP contribution >= 0.6 is 11.8 Å². The molecule has 1 atom stereocenters. The number of rotatable bonds is 5. The molecule has 0 aromatic carbocycles. The van der Waals surface area contributed by atoms with Crippen LogP contribution in [0.15, 0.2) is 0 Å². The number of hydrogen-bond acceptors (Lipinski definition) is 3. The number of hydrogen-bond donors (Lipinski definition) is 1. The first-order valence-corrected chi connectivity index (χ1v) is 7.34. The van der Waals surface area contributed by atoms with Crippen molar-refractivity contribution in [3.63, 3.8) is 0 Å². The van der Waals surface area contributed by atoms with Gasteiger partial charge in [0, 0.05) is 6.54 Å². The van der Waals surface area contributed by atoms with Crippen molar-refractivity contribution in [2.45, 2.75) is 37.4 Å². The number of carbonyl (C=O) groups is 2. The van der Waals surface area contributed by atoms with Crippen LogP contribution < -0.4 is 0 Å². The molecule has 2 aliphatic rings. The third-order valence-corrected chi connectivity index (χ3v) is 4.63. The molecule has 1 unspecified atom stereocenters. The minimum atomic E-state index is -0.903. The highest BCUT2D eigenvalue weighted by molar-refractivity contribution is 8.00. The first-order valence-electron chi connectivity index (χ1n) is 6.29. The summed E-state index contributed by atoms with van der Waals surface area (Å²) in [6.07, 6.45) is 5.45. The fourth-order valence-electron chi connectivity index (χ4n) is 2.15. The van der Waals surface area contributed by atoms with E-state index in [9.17, 15) is 9.59 Å². The van der Waals surface area contributed by atoms with Gasteiger partial charge in [0.25, 0.3) is 0 Å². The number of amides is 1. The van der Waals surface area contributed by atoms with Crippen molar-refractivity contribution in [1.29, 1.82) is 0 Å². The minimum absolute atomic E-state index is 0.00171. The summed E-state index contributed by atoms with van der Waals surface area (Å²) >= 11 is 1.69. The fourth-order valence-corrected chi connectivity index (χ4v) is 3.43. The Kier molecular flexibility index (Phi) is 4.31. The van der Waals surface area contributed by atoms with E-state index in [4.69, 9.17) is 5.11 Å². The van der Waals surface area contributed by atoms with E-state index in [0.717, 1.165) is 31.4 Å². The minimum Gasteiger partial charge on any atom is -0.480 e. The summed E-state index contributed by atoms with van der Waals surface area (Å²) < 4.78 is 0. The van der Waals surface area contributed by atoms with E-state index in [2.05, 4.69) is 0 Å². The average molecular weight is 257 g/mol. The lowest BCUT2D eigenvalue weighted by Gasteiger charge is -2.27. The lowest BCUT2D eigenvalue weighted by Crippen LogP contribution is -2.42. The van der Waals surface area contributed by atoms with Crippen LogP contribution in [0.2, 0.25) is 0 Å². The Morgan fingerprint density at radius 2 is 2.00 bits per heavy atom. The van der Waals surface area contributed by atoms with Gasteiger partial charge in [0.15, 0.2) is 0 Å². The molecule has 1 aliphatic heterocycles. The summed E-state index contributed by atoms with van der Waals surface area (Å²) in [7, 11) is 0. The molecular formula is C12H19NO3S. The molecule has 1 amide bonds. The van der Waals surface area contributed by atoms with Crippen molar-refractivity contribution in [3.05, 3.63) is 0 Å². The zero-order valence-electron chi connectivity index (χ0n) is 9.93. The Labute approximate surface area is 106 Å². The maximum atomic E-state index is 12.2. The van der Waals surface area contributed by atoms with E-state index >= 15 is 0 Å². The molecule has 0 aromatic rings. The Hall–Kier alpha value is -0.710. The maximum absolute atomic E-state index is 12.2. The zero-order valence-corrected chi connectivity index (χ0v) is 10.7. The van der Waals surface area contributed by atoms with Gasteiger partial charge < -0.3 is 10.0 Å². The van der Waals surface area contributed by atoms with E-state index in [1.54, 1.807) is 16.7 Å². The lowest BCUT2D eigenvalue weighted by atomic mass is 10.1. The third-order valence-electron chi connectivity index (χ3n) is 3.27. The van der Waals surface area contributed by atoms with Crippen molar-refractivity contribution in [2.24, 2.45) is 5.92 Å². The molecule has 4 nitrogen and oxygen atoms in total. The Morgan fingerprint density at radius 1 is 1.24 bits per heavy atom. The van der Waals surface area contributed by atoms with Crippen molar-refractivity contribution >= 4 is 23.6 Å². The van der Waals surface area contributed by atoms with Gasteiger partial charge >= 0.3 is 5.97 Å². The highest BCUT2D eigenvalue weighted by atomic mass is 32.2. The van der Waals surface area contributed by atoms with Gasteiger partial charge in [0.05, 0.1) is 5.25 Å². The zero-order chi connectivity index (χ0) is 12.3. The van der Waals surface area contributed by atoms with E-state index in [1.807, 2.05) is 0 Å². The number of thioether (sulfide) groups is 1.